The zero-order chi connectivity index (χ0) is 24.7. The Labute approximate surface area is 236 Å². The van der Waals surface area contributed by atoms with Crippen LogP contribution in [0.25, 0.3) is 34.2 Å². The molecule has 6 rings (SSSR count). The SMILES string of the molecule is [Ni+2].[S-]c1nnc(-c2ccccc2)n1-c1ccccc1.[S-]c1nnc(-c2ccccc2)n1-c1ccccc1. The van der Waals surface area contributed by atoms with Crippen LogP contribution in [0.3, 0.4) is 0 Å². The average Bonchev–Trinajstić information content (AvgIpc) is 3.53. The summed E-state index contributed by atoms with van der Waals surface area (Å²) in [5.41, 5.74) is 3.97. The van der Waals surface area contributed by atoms with Gasteiger partial charge in [0.05, 0.1) is 0 Å². The van der Waals surface area contributed by atoms with Crippen molar-refractivity contribution in [3.05, 3.63) is 121 Å². The molecule has 0 fully saturated rings. The molecule has 0 radical (unpaired) electrons. The molecule has 6 nitrogen and oxygen atoms in total. The van der Waals surface area contributed by atoms with E-state index in [0.717, 1.165) is 34.2 Å². The molecule has 2 heterocycles. The van der Waals surface area contributed by atoms with Gasteiger partial charge in [0.15, 0.2) is 11.6 Å². The molecule has 4 aromatic carbocycles. The molecule has 0 aliphatic rings. The summed E-state index contributed by atoms with van der Waals surface area (Å²) in [6.07, 6.45) is 0. The Morgan fingerprint density at radius 1 is 0.405 bits per heavy atom. The molecule has 37 heavy (non-hydrogen) atoms. The van der Waals surface area contributed by atoms with Crippen LogP contribution in [0.1, 0.15) is 0 Å². The summed E-state index contributed by atoms with van der Waals surface area (Å²) in [5, 5.41) is 17.3. The molecule has 0 unspecified atom stereocenters. The third kappa shape index (κ3) is 5.92. The normalized spacial score (nSPS) is 10.2. The van der Waals surface area contributed by atoms with Crippen molar-refractivity contribution in [1.29, 1.82) is 0 Å². The van der Waals surface area contributed by atoms with E-state index in [1.54, 1.807) is 0 Å². The van der Waals surface area contributed by atoms with Gasteiger partial charge in [-0.15, -0.1) is 10.2 Å². The Hall–Kier alpha value is -3.91. The summed E-state index contributed by atoms with van der Waals surface area (Å²) in [5.74, 6) is 1.54. The van der Waals surface area contributed by atoms with Gasteiger partial charge in [-0.3, -0.25) is 9.13 Å². The van der Waals surface area contributed by atoms with Gasteiger partial charge in [0.1, 0.15) is 0 Å². The minimum absolute atomic E-state index is 0. The van der Waals surface area contributed by atoms with Crippen molar-refractivity contribution in [2.24, 2.45) is 0 Å². The number of aromatic nitrogens is 6. The predicted molar refractivity (Wildman–Crippen MR) is 145 cm³/mol. The van der Waals surface area contributed by atoms with E-state index in [1.165, 1.54) is 0 Å². The van der Waals surface area contributed by atoms with Gasteiger partial charge in [0.25, 0.3) is 0 Å². The Morgan fingerprint density at radius 2 is 0.703 bits per heavy atom. The minimum Gasteiger partial charge on any atom is -0.740 e. The second-order valence-corrected chi connectivity index (χ2v) is 8.42. The van der Waals surface area contributed by atoms with Gasteiger partial charge < -0.3 is 25.3 Å². The standard InChI is InChI=1S/2C14H11N3S.Ni/c2*18-14-16-15-13(11-7-3-1-4-8-11)17(14)12-9-5-2-6-10-12;/h2*1-10H,(H,16,18);/q;;+2/p-2. The van der Waals surface area contributed by atoms with E-state index in [4.69, 9.17) is 25.3 Å². The molecule has 0 atom stereocenters. The van der Waals surface area contributed by atoms with Gasteiger partial charge in [-0.2, -0.15) is 10.2 Å². The van der Waals surface area contributed by atoms with E-state index in [1.807, 2.05) is 130 Å². The quantitative estimate of drug-likeness (QED) is 0.203. The van der Waals surface area contributed by atoms with Gasteiger partial charge in [0, 0.05) is 32.8 Å². The zero-order valence-corrected chi connectivity index (χ0v) is 22.0. The van der Waals surface area contributed by atoms with Gasteiger partial charge in [-0.1, -0.05) is 97.1 Å². The van der Waals surface area contributed by atoms with Crippen LogP contribution < -0.4 is 0 Å². The summed E-state index contributed by atoms with van der Waals surface area (Å²) in [6, 6.07) is 39.6. The first-order valence-electron chi connectivity index (χ1n) is 11.2. The predicted octanol–water partition coefficient (Wildman–Crippen LogP) is 5.68. The molecule has 2 aromatic heterocycles. The smallest absolute Gasteiger partial charge is 0.740 e. The summed E-state index contributed by atoms with van der Waals surface area (Å²) in [7, 11) is 0. The number of benzene rings is 4. The molecule has 0 saturated carbocycles. The molecule has 9 heteroatoms. The van der Waals surface area contributed by atoms with Crippen LogP contribution in [0.4, 0.5) is 0 Å². The largest absolute Gasteiger partial charge is 2.00 e. The van der Waals surface area contributed by atoms with Gasteiger partial charge in [-0.05, 0) is 24.3 Å². The van der Waals surface area contributed by atoms with Gasteiger partial charge >= 0.3 is 16.5 Å². The Bertz CT molecular complexity index is 1420. The molecule has 0 bridgehead atoms. The second kappa shape index (κ2) is 12.4. The zero-order valence-electron chi connectivity index (χ0n) is 19.4. The molecule has 0 aliphatic carbocycles. The van der Waals surface area contributed by atoms with E-state index in [-0.39, 0.29) is 16.5 Å². The van der Waals surface area contributed by atoms with Crippen LogP contribution in [-0.2, 0) is 41.7 Å². The van der Waals surface area contributed by atoms with Crippen molar-refractivity contribution in [3.8, 4) is 34.2 Å². The van der Waals surface area contributed by atoms with Crippen molar-refractivity contribution >= 4 is 25.3 Å². The molecular weight excluding hydrogens is 543 g/mol. The van der Waals surface area contributed by atoms with Crippen LogP contribution in [0.15, 0.2) is 132 Å². The summed E-state index contributed by atoms with van der Waals surface area (Å²) < 4.78 is 3.76. The number of hydrogen-bond acceptors (Lipinski definition) is 6. The van der Waals surface area contributed by atoms with Crippen molar-refractivity contribution < 1.29 is 16.5 Å². The first-order chi connectivity index (χ1) is 17.7. The van der Waals surface area contributed by atoms with E-state index in [9.17, 15) is 0 Å². The fourth-order valence-corrected chi connectivity index (χ4v) is 4.17. The average molecular weight is 563 g/mol. The van der Waals surface area contributed by atoms with Crippen LogP contribution in [-0.4, -0.2) is 29.5 Å². The van der Waals surface area contributed by atoms with E-state index < -0.39 is 0 Å². The van der Waals surface area contributed by atoms with Crippen molar-refractivity contribution in [3.63, 3.8) is 0 Å². The molecule has 0 N–H and O–H groups in total. The molecule has 0 saturated heterocycles. The van der Waals surface area contributed by atoms with Crippen molar-refractivity contribution in [1.82, 2.24) is 29.5 Å². The molecule has 184 valence electrons. The summed E-state index contributed by atoms with van der Waals surface area (Å²) in [4.78, 5) is 0. The second-order valence-electron chi connectivity index (χ2n) is 7.69. The van der Waals surface area contributed by atoms with Crippen molar-refractivity contribution in [2.45, 2.75) is 10.3 Å². The Kier molecular flexibility index (Phi) is 8.74. The third-order valence-electron chi connectivity index (χ3n) is 5.36. The Balaban J connectivity index is 0.000000168. The first kappa shape index (κ1) is 26.2. The van der Waals surface area contributed by atoms with E-state index in [2.05, 4.69) is 20.4 Å². The first-order valence-corrected chi connectivity index (χ1v) is 12.0. The summed E-state index contributed by atoms with van der Waals surface area (Å²) >= 11 is 10.5. The summed E-state index contributed by atoms with van der Waals surface area (Å²) in [6.45, 7) is 0. The molecule has 0 aliphatic heterocycles. The fourth-order valence-electron chi connectivity index (χ4n) is 3.71. The van der Waals surface area contributed by atoms with Crippen molar-refractivity contribution in [2.75, 3.05) is 0 Å². The van der Waals surface area contributed by atoms with E-state index >= 15 is 0 Å². The maximum atomic E-state index is 5.24. The van der Waals surface area contributed by atoms with Crippen LogP contribution in [0.5, 0.6) is 0 Å². The van der Waals surface area contributed by atoms with Crippen LogP contribution in [0, 0.1) is 0 Å². The number of rotatable bonds is 4. The number of para-hydroxylation sites is 2. The number of hydrogen-bond donors (Lipinski definition) is 0. The van der Waals surface area contributed by atoms with Gasteiger partial charge in [0.2, 0.25) is 0 Å². The monoisotopic (exact) mass is 562 g/mol. The number of nitrogens with zero attached hydrogens (tertiary/aromatic N) is 6. The topological polar surface area (TPSA) is 61.4 Å². The molecule has 0 spiro atoms. The third-order valence-corrected chi connectivity index (χ3v) is 5.89. The Morgan fingerprint density at radius 3 is 1.03 bits per heavy atom. The molecular formula is C28H20N6NiS2. The fraction of sp³-hybridized carbons (Fsp3) is 0. The maximum Gasteiger partial charge on any atom is 2.00 e. The minimum atomic E-state index is 0. The molecule has 0 amide bonds. The van der Waals surface area contributed by atoms with E-state index in [0.29, 0.717) is 10.3 Å². The van der Waals surface area contributed by atoms with Crippen LogP contribution in [0.2, 0.25) is 0 Å². The maximum absolute atomic E-state index is 5.24. The molecule has 6 aromatic rings. The van der Waals surface area contributed by atoms with Gasteiger partial charge in [-0.25, -0.2) is 0 Å². The van der Waals surface area contributed by atoms with Crippen LogP contribution >= 0.6 is 0 Å².